The van der Waals surface area contributed by atoms with Gasteiger partial charge in [0.2, 0.25) is 5.91 Å². The zero-order valence-electron chi connectivity index (χ0n) is 15.2. The van der Waals surface area contributed by atoms with Crippen LogP contribution in [0.3, 0.4) is 0 Å². The number of anilines is 1. The minimum Gasteiger partial charge on any atom is -0.495 e. The third kappa shape index (κ3) is 2.99. The minimum atomic E-state index is -0.352. The van der Waals surface area contributed by atoms with Crippen molar-refractivity contribution in [3.63, 3.8) is 0 Å². The van der Waals surface area contributed by atoms with Crippen LogP contribution < -0.4 is 15.0 Å². The molecule has 4 unspecified atom stereocenters. The van der Waals surface area contributed by atoms with Gasteiger partial charge in [-0.3, -0.25) is 4.79 Å². The van der Waals surface area contributed by atoms with E-state index in [1.54, 1.807) is 7.11 Å². The normalized spacial score (nSPS) is 34.2. The summed E-state index contributed by atoms with van der Waals surface area (Å²) in [7, 11) is 1.71. The molecule has 4 atom stereocenters. The van der Waals surface area contributed by atoms with Gasteiger partial charge in [-0.15, -0.1) is 0 Å². The quantitative estimate of drug-likeness (QED) is 0.912. The van der Waals surface area contributed by atoms with E-state index in [2.05, 4.69) is 23.2 Å². The Labute approximate surface area is 149 Å². The van der Waals surface area contributed by atoms with Crippen molar-refractivity contribution in [2.45, 2.75) is 57.3 Å². The van der Waals surface area contributed by atoms with Crippen LogP contribution in [0.4, 0.5) is 5.69 Å². The fraction of sp³-hybridized carbons (Fsp3) is 0.650. The first-order valence-electron chi connectivity index (χ1n) is 9.44. The van der Waals surface area contributed by atoms with Crippen molar-refractivity contribution in [2.75, 3.05) is 25.1 Å². The van der Waals surface area contributed by atoms with E-state index in [1.807, 2.05) is 18.2 Å². The molecule has 3 aliphatic heterocycles. The second-order valence-corrected chi connectivity index (χ2v) is 7.88. The smallest absolute Gasteiger partial charge is 0.228 e. The predicted molar refractivity (Wildman–Crippen MR) is 97.0 cm³/mol. The van der Waals surface area contributed by atoms with Crippen molar-refractivity contribution in [3.8, 4) is 5.75 Å². The number of nitrogens with zero attached hydrogens (tertiary/aromatic N) is 1. The molecule has 5 heteroatoms. The summed E-state index contributed by atoms with van der Waals surface area (Å²) in [6, 6.07) is 8.29. The number of fused-ring (bicyclic) bond motifs is 2. The lowest BCUT2D eigenvalue weighted by molar-refractivity contribution is -0.133. The van der Waals surface area contributed by atoms with E-state index in [9.17, 15) is 4.79 Å². The first kappa shape index (κ1) is 16.7. The molecule has 1 N–H and O–H groups in total. The number of hydrogen-bond acceptors (Lipinski definition) is 4. The van der Waals surface area contributed by atoms with Gasteiger partial charge in [-0.1, -0.05) is 12.1 Å². The molecule has 0 radical (unpaired) electrons. The predicted octanol–water partition coefficient (Wildman–Crippen LogP) is 2.74. The van der Waals surface area contributed by atoms with Gasteiger partial charge in [0.15, 0.2) is 0 Å². The maximum Gasteiger partial charge on any atom is 0.228 e. The molecule has 0 saturated carbocycles. The van der Waals surface area contributed by atoms with Crippen LogP contribution in [0.15, 0.2) is 24.3 Å². The number of piperidine rings is 1. The molecule has 1 aromatic rings. The molecule has 2 bridgehead atoms. The fourth-order valence-corrected chi connectivity index (χ4v) is 4.72. The number of amides is 1. The molecule has 0 aromatic heterocycles. The van der Waals surface area contributed by atoms with Crippen LogP contribution in [0.2, 0.25) is 0 Å². The Kier molecular flexibility index (Phi) is 4.36. The number of nitrogens with one attached hydrogen (secondary N) is 1. The fourth-order valence-electron chi connectivity index (χ4n) is 4.72. The zero-order chi connectivity index (χ0) is 17.4. The van der Waals surface area contributed by atoms with E-state index in [0.717, 1.165) is 56.6 Å². The van der Waals surface area contributed by atoms with Crippen LogP contribution in [0.25, 0.3) is 0 Å². The number of para-hydroxylation sites is 2. The number of rotatable bonds is 4. The lowest BCUT2D eigenvalue weighted by Gasteiger charge is -2.38. The Hall–Kier alpha value is -1.75. The van der Waals surface area contributed by atoms with Crippen LogP contribution in [-0.4, -0.2) is 44.4 Å². The summed E-state index contributed by atoms with van der Waals surface area (Å²) in [6.07, 6.45) is 5.49. The molecule has 0 spiro atoms. The van der Waals surface area contributed by atoms with Crippen LogP contribution >= 0.6 is 0 Å². The molecule has 4 rings (SSSR count). The van der Waals surface area contributed by atoms with Gasteiger partial charge in [0.05, 0.1) is 30.4 Å². The molecular formula is C20H28N2O3. The SMILES string of the molecule is COc1ccccc1N1CCCC(NC(=O)C2(C)CC3CCC2O3)C1. The van der Waals surface area contributed by atoms with E-state index in [-0.39, 0.29) is 29.6 Å². The van der Waals surface area contributed by atoms with E-state index in [4.69, 9.17) is 9.47 Å². The number of hydrogen-bond donors (Lipinski definition) is 1. The summed E-state index contributed by atoms with van der Waals surface area (Å²) in [5, 5.41) is 3.32. The first-order valence-corrected chi connectivity index (χ1v) is 9.44. The van der Waals surface area contributed by atoms with Gasteiger partial charge in [-0.2, -0.15) is 0 Å². The molecular weight excluding hydrogens is 316 g/mol. The second kappa shape index (κ2) is 6.52. The van der Waals surface area contributed by atoms with Crippen LogP contribution in [0, 0.1) is 5.41 Å². The van der Waals surface area contributed by atoms with Crippen molar-refractivity contribution in [2.24, 2.45) is 5.41 Å². The van der Waals surface area contributed by atoms with Gasteiger partial charge in [0.1, 0.15) is 5.75 Å². The maximum atomic E-state index is 13.0. The molecule has 1 amide bonds. The molecule has 3 aliphatic rings. The van der Waals surface area contributed by atoms with E-state index in [1.165, 1.54) is 0 Å². The van der Waals surface area contributed by atoms with Gasteiger partial charge in [-0.05, 0) is 51.2 Å². The molecule has 3 saturated heterocycles. The van der Waals surface area contributed by atoms with Gasteiger partial charge < -0.3 is 19.7 Å². The highest BCUT2D eigenvalue weighted by Crippen LogP contribution is 2.47. The molecule has 0 aliphatic carbocycles. The summed E-state index contributed by atoms with van der Waals surface area (Å²) < 4.78 is 11.4. The summed E-state index contributed by atoms with van der Waals surface area (Å²) in [5.41, 5.74) is 0.758. The maximum absolute atomic E-state index is 13.0. The first-order chi connectivity index (χ1) is 12.1. The number of ether oxygens (including phenoxy) is 2. The van der Waals surface area contributed by atoms with E-state index >= 15 is 0 Å². The monoisotopic (exact) mass is 344 g/mol. The summed E-state index contributed by atoms with van der Waals surface area (Å²) in [4.78, 5) is 15.3. The number of carbonyl (C=O) groups is 1. The lowest BCUT2D eigenvalue weighted by atomic mass is 9.74. The number of methoxy groups -OCH3 is 1. The van der Waals surface area contributed by atoms with Crippen molar-refractivity contribution in [3.05, 3.63) is 24.3 Å². The number of carbonyl (C=O) groups excluding carboxylic acids is 1. The summed E-state index contributed by atoms with van der Waals surface area (Å²) in [6.45, 7) is 3.90. The largest absolute Gasteiger partial charge is 0.495 e. The van der Waals surface area contributed by atoms with Crippen LogP contribution in [0.1, 0.15) is 39.0 Å². The zero-order valence-corrected chi connectivity index (χ0v) is 15.2. The highest BCUT2D eigenvalue weighted by molar-refractivity contribution is 5.84. The highest BCUT2D eigenvalue weighted by atomic mass is 16.5. The topological polar surface area (TPSA) is 50.8 Å². The molecule has 136 valence electrons. The van der Waals surface area contributed by atoms with Crippen LogP contribution in [-0.2, 0) is 9.53 Å². The molecule has 1 aromatic carbocycles. The Balaban J connectivity index is 1.42. The average Bonchev–Trinajstić information content (AvgIpc) is 3.23. The molecule has 3 fully saturated rings. The van der Waals surface area contributed by atoms with E-state index in [0.29, 0.717) is 0 Å². The third-order valence-electron chi connectivity index (χ3n) is 6.17. The molecule has 25 heavy (non-hydrogen) atoms. The second-order valence-electron chi connectivity index (χ2n) is 7.88. The summed E-state index contributed by atoms with van der Waals surface area (Å²) >= 11 is 0. The average molecular weight is 344 g/mol. The Morgan fingerprint density at radius 1 is 1.32 bits per heavy atom. The van der Waals surface area contributed by atoms with Crippen molar-refractivity contribution >= 4 is 11.6 Å². The van der Waals surface area contributed by atoms with Gasteiger partial charge in [0.25, 0.3) is 0 Å². The van der Waals surface area contributed by atoms with Gasteiger partial charge in [-0.25, -0.2) is 0 Å². The lowest BCUT2D eigenvalue weighted by Crippen LogP contribution is -2.53. The standard InChI is InChI=1S/C20H28N2O3/c1-20(12-15-9-10-18(20)25-15)19(23)21-14-6-5-11-22(13-14)16-7-3-4-8-17(16)24-2/h3-4,7-8,14-15,18H,5-6,9-13H2,1-2H3,(H,21,23). The van der Waals surface area contributed by atoms with Crippen LogP contribution in [0.5, 0.6) is 5.75 Å². The van der Waals surface area contributed by atoms with Crippen molar-refractivity contribution < 1.29 is 14.3 Å². The van der Waals surface area contributed by atoms with Crippen molar-refractivity contribution in [1.82, 2.24) is 5.32 Å². The Bertz CT molecular complexity index is 650. The summed E-state index contributed by atoms with van der Waals surface area (Å²) in [5.74, 6) is 1.06. The molecule has 5 nitrogen and oxygen atoms in total. The van der Waals surface area contributed by atoms with Gasteiger partial charge in [0, 0.05) is 19.1 Å². The van der Waals surface area contributed by atoms with Crippen molar-refractivity contribution in [1.29, 1.82) is 0 Å². The van der Waals surface area contributed by atoms with Gasteiger partial charge >= 0.3 is 0 Å². The Morgan fingerprint density at radius 3 is 2.88 bits per heavy atom. The molecule has 3 heterocycles. The minimum absolute atomic E-state index is 0.103. The highest BCUT2D eigenvalue weighted by Gasteiger charge is 2.54. The van der Waals surface area contributed by atoms with E-state index < -0.39 is 0 Å². The number of benzene rings is 1. The Morgan fingerprint density at radius 2 is 2.16 bits per heavy atom. The third-order valence-corrected chi connectivity index (χ3v) is 6.17.